The Balaban J connectivity index is 0.00000180. The molecule has 0 radical (unpaired) electrons. The fourth-order valence-corrected chi connectivity index (χ4v) is 2.77. The first kappa shape index (κ1) is 15.8. The molecule has 1 aliphatic carbocycles. The van der Waals surface area contributed by atoms with Crippen molar-refractivity contribution in [3.63, 3.8) is 0 Å². The van der Waals surface area contributed by atoms with E-state index in [4.69, 9.17) is 5.73 Å². The summed E-state index contributed by atoms with van der Waals surface area (Å²) in [6.45, 7) is 3.01. The van der Waals surface area contributed by atoms with Crippen LogP contribution in [0.2, 0.25) is 0 Å². The predicted molar refractivity (Wildman–Crippen MR) is 81.6 cm³/mol. The summed E-state index contributed by atoms with van der Waals surface area (Å²) in [6.07, 6.45) is 6.20. The Morgan fingerprint density at radius 1 is 1.42 bits per heavy atom. The number of rotatable bonds is 5. The maximum absolute atomic E-state index is 12.0. The zero-order valence-corrected chi connectivity index (χ0v) is 12.3. The van der Waals surface area contributed by atoms with Crippen LogP contribution in [-0.2, 0) is 0 Å². The van der Waals surface area contributed by atoms with Gasteiger partial charge in [0, 0.05) is 17.8 Å². The van der Waals surface area contributed by atoms with Crippen LogP contribution in [0.15, 0.2) is 24.3 Å². The van der Waals surface area contributed by atoms with Crippen LogP contribution in [0, 0.1) is 5.41 Å². The molecule has 0 saturated heterocycles. The van der Waals surface area contributed by atoms with E-state index in [9.17, 15) is 4.79 Å². The molecule has 0 aromatic heterocycles. The van der Waals surface area contributed by atoms with Gasteiger partial charge in [0.15, 0.2) is 0 Å². The zero-order chi connectivity index (χ0) is 13.0. The van der Waals surface area contributed by atoms with Gasteiger partial charge in [-0.25, -0.2) is 0 Å². The lowest BCUT2D eigenvalue weighted by molar-refractivity contribution is 0.0832. The Labute approximate surface area is 121 Å². The molecule has 3 nitrogen and oxygen atoms in total. The van der Waals surface area contributed by atoms with Crippen molar-refractivity contribution in [2.75, 3.05) is 12.3 Å². The Bertz CT molecular complexity index is 430. The third kappa shape index (κ3) is 3.87. The lowest BCUT2D eigenvalue weighted by Gasteiger charge is -2.42. The summed E-state index contributed by atoms with van der Waals surface area (Å²) in [5, 5.41) is 3.06. The molecule has 106 valence electrons. The minimum Gasteiger partial charge on any atom is -0.399 e. The minimum absolute atomic E-state index is 0. The van der Waals surface area contributed by atoms with Crippen LogP contribution in [0.25, 0.3) is 0 Å². The molecule has 1 aromatic carbocycles. The molecule has 19 heavy (non-hydrogen) atoms. The number of hydrogen-bond acceptors (Lipinski definition) is 2. The van der Waals surface area contributed by atoms with Crippen LogP contribution in [0.3, 0.4) is 0 Å². The van der Waals surface area contributed by atoms with Gasteiger partial charge in [-0.2, -0.15) is 0 Å². The molecule has 3 N–H and O–H groups in total. The summed E-state index contributed by atoms with van der Waals surface area (Å²) < 4.78 is 0. The van der Waals surface area contributed by atoms with Crippen molar-refractivity contribution >= 4 is 24.0 Å². The van der Waals surface area contributed by atoms with E-state index in [-0.39, 0.29) is 18.3 Å². The Kier molecular flexibility index (Phi) is 5.67. The number of hydrogen-bond donors (Lipinski definition) is 2. The standard InChI is InChI=1S/C15H22N2O.ClH/c1-2-7-15(8-4-9-15)11-17-14(18)12-5-3-6-13(16)10-12;/h3,5-6,10H,2,4,7-9,11,16H2,1H3,(H,17,18);1H. The summed E-state index contributed by atoms with van der Waals surface area (Å²) >= 11 is 0. The molecule has 4 heteroatoms. The summed E-state index contributed by atoms with van der Waals surface area (Å²) in [5.41, 5.74) is 7.34. The quantitative estimate of drug-likeness (QED) is 0.814. The molecule has 2 rings (SSSR count). The number of carbonyl (C=O) groups is 1. The van der Waals surface area contributed by atoms with Gasteiger partial charge in [0.25, 0.3) is 5.91 Å². The highest BCUT2D eigenvalue weighted by Gasteiger charge is 2.36. The lowest BCUT2D eigenvalue weighted by atomic mass is 9.66. The van der Waals surface area contributed by atoms with Crippen LogP contribution in [-0.4, -0.2) is 12.5 Å². The van der Waals surface area contributed by atoms with E-state index in [1.165, 1.54) is 32.1 Å². The highest BCUT2D eigenvalue weighted by molar-refractivity contribution is 5.95. The summed E-state index contributed by atoms with van der Waals surface area (Å²) in [5.74, 6) is -0.00956. The topological polar surface area (TPSA) is 55.1 Å². The first-order chi connectivity index (χ1) is 8.65. The van der Waals surface area contributed by atoms with Crippen molar-refractivity contribution in [1.29, 1.82) is 0 Å². The molecule has 1 saturated carbocycles. The molecule has 0 aliphatic heterocycles. The normalized spacial score (nSPS) is 16.1. The van der Waals surface area contributed by atoms with Crippen LogP contribution in [0.5, 0.6) is 0 Å². The number of benzene rings is 1. The molecule has 0 unspecified atom stereocenters. The van der Waals surface area contributed by atoms with Gasteiger partial charge in [0.2, 0.25) is 0 Å². The van der Waals surface area contributed by atoms with E-state index in [0.29, 0.717) is 16.7 Å². The van der Waals surface area contributed by atoms with Crippen molar-refractivity contribution in [1.82, 2.24) is 5.32 Å². The highest BCUT2D eigenvalue weighted by Crippen LogP contribution is 2.44. The molecule has 1 amide bonds. The summed E-state index contributed by atoms with van der Waals surface area (Å²) in [4.78, 5) is 12.0. The number of nitrogens with one attached hydrogen (secondary N) is 1. The Morgan fingerprint density at radius 2 is 2.16 bits per heavy atom. The number of nitrogen functional groups attached to an aromatic ring is 1. The maximum atomic E-state index is 12.0. The van der Waals surface area contributed by atoms with Gasteiger partial charge in [0.1, 0.15) is 0 Å². The van der Waals surface area contributed by atoms with E-state index < -0.39 is 0 Å². The number of amides is 1. The molecular weight excluding hydrogens is 260 g/mol. The van der Waals surface area contributed by atoms with Crippen LogP contribution >= 0.6 is 12.4 Å². The molecule has 1 aliphatic rings. The second-order valence-electron chi connectivity index (χ2n) is 5.41. The highest BCUT2D eigenvalue weighted by atomic mass is 35.5. The number of carbonyl (C=O) groups excluding carboxylic acids is 1. The lowest BCUT2D eigenvalue weighted by Crippen LogP contribution is -2.42. The SMILES string of the molecule is CCCC1(CNC(=O)c2cccc(N)c2)CCC1.Cl. The van der Waals surface area contributed by atoms with Crippen molar-refractivity contribution < 1.29 is 4.79 Å². The van der Waals surface area contributed by atoms with Gasteiger partial charge in [0.05, 0.1) is 0 Å². The summed E-state index contributed by atoms with van der Waals surface area (Å²) in [7, 11) is 0. The van der Waals surface area contributed by atoms with Crippen LogP contribution in [0.1, 0.15) is 49.4 Å². The maximum Gasteiger partial charge on any atom is 0.251 e. The zero-order valence-electron chi connectivity index (χ0n) is 11.4. The fraction of sp³-hybridized carbons (Fsp3) is 0.533. The second kappa shape index (κ2) is 6.80. The van der Waals surface area contributed by atoms with E-state index in [0.717, 1.165) is 6.54 Å². The van der Waals surface area contributed by atoms with Crippen molar-refractivity contribution in [3.8, 4) is 0 Å². The van der Waals surface area contributed by atoms with E-state index in [2.05, 4.69) is 12.2 Å². The number of nitrogens with two attached hydrogens (primary N) is 1. The molecular formula is C15H23ClN2O. The van der Waals surface area contributed by atoms with E-state index in [1.807, 2.05) is 6.07 Å². The third-order valence-corrected chi connectivity index (χ3v) is 3.97. The van der Waals surface area contributed by atoms with Crippen molar-refractivity contribution in [2.45, 2.75) is 39.0 Å². The average molecular weight is 283 g/mol. The second-order valence-corrected chi connectivity index (χ2v) is 5.41. The van der Waals surface area contributed by atoms with Crippen LogP contribution < -0.4 is 11.1 Å². The monoisotopic (exact) mass is 282 g/mol. The molecule has 1 aromatic rings. The Hall–Kier alpha value is -1.22. The van der Waals surface area contributed by atoms with Crippen molar-refractivity contribution in [2.24, 2.45) is 5.41 Å². The molecule has 0 heterocycles. The average Bonchev–Trinajstić information content (AvgIpc) is 2.32. The first-order valence-corrected chi connectivity index (χ1v) is 6.79. The fourth-order valence-electron chi connectivity index (χ4n) is 2.77. The van der Waals surface area contributed by atoms with Gasteiger partial charge in [-0.05, 0) is 42.9 Å². The molecule has 1 fully saturated rings. The molecule has 0 atom stereocenters. The molecule has 0 bridgehead atoms. The van der Waals surface area contributed by atoms with Gasteiger partial charge in [-0.3, -0.25) is 4.79 Å². The number of halogens is 1. The largest absolute Gasteiger partial charge is 0.399 e. The Morgan fingerprint density at radius 3 is 2.68 bits per heavy atom. The van der Waals surface area contributed by atoms with Crippen molar-refractivity contribution in [3.05, 3.63) is 29.8 Å². The summed E-state index contributed by atoms with van der Waals surface area (Å²) in [6, 6.07) is 7.14. The van der Waals surface area contributed by atoms with Gasteiger partial charge in [-0.15, -0.1) is 12.4 Å². The predicted octanol–water partition coefficient (Wildman–Crippen LogP) is 3.39. The van der Waals surface area contributed by atoms with Gasteiger partial charge in [-0.1, -0.05) is 25.8 Å². The smallest absolute Gasteiger partial charge is 0.251 e. The number of anilines is 1. The van der Waals surface area contributed by atoms with E-state index in [1.54, 1.807) is 18.2 Å². The van der Waals surface area contributed by atoms with Gasteiger partial charge < -0.3 is 11.1 Å². The molecule has 0 spiro atoms. The van der Waals surface area contributed by atoms with Gasteiger partial charge >= 0.3 is 0 Å². The minimum atomic E-state index is -0.00956. The van der Waals surface area contributed by atoms with E-state index >= 15 is 0 Å². The first-order valence-electron chi connectivity index (χ1n) is 6.79. The third-order valence-electron chi connectivity index (χ3n) is 3.97. The van der Waals surface area contributed by atoms with Crippen LogP contribution in [0.4, 0.5) is 5.69 Å².